The summed E-state index contributed by atoms with van der Waals surface area (Å²) < 4.78 is 0. The third-order valence-electron chi connectivity index (χ3n) is 4.00. The molecule has 26 heavy (non-hydrogen) atoms. The molecule has 138 valence electrons. The molecule has 0 unspecified atom stereocenters. The minimum Gasteiger partial charge on any atom is -0.379 e. The Morgan fingerprint density at radius 2 is 1.88 bits per heavy atom. The molecule has 0 spiro atoms. The van der Waals surface area contributed by atoms with Crippen molar-refractivity contribution in [3.63, 3.8) is 0 Å². The van der Waals surface area contributed by atoms with E-state index in [1.807, 2.05) is 44.1 Å². The first kappa shape index (κ1) is 19.2. The van der Waals surface area contributed by atoms with E-state index in [1.54, 1.807) is 18.2 Å². The minimum absolute atomic E-state index is 0.0357. The Bertz CT molecular complexity index is 790. The molecule has 2 N–H and O–H groups in total. The third kappa shape index (κ3) is 5.20. The van der Waals surface area contributed by atoms with E-state index in [1.165, 1.54) is 6.07 Å². The second-order valence-electron chi connectivity index (χ2n) is 6.25. The topological polar surface area (TPSA) is 87.5 Å². The van der Waals surface area contributed by atoms with Crippen LogP contribution in [0.2, 0.25) is 0 Å². The molecule has 0 atom stereocenters. The average Bonchev–Trinajstić information content (AvgIpc) is 2.60. The van der Waals surface area contributed by atoms with Gasteiger partial charge in [-0.25, -0.2) is 0 Å². The molecule has 0 saturated carbocycles. The second kappa shape index (κ2) is 8.84. The fourth-order valence-corrected chi connectivity index (χ4v) is 2.53. The largest absolute Gasteiger partial charge is 0.379 e. The lowest BCUT2D eigenvalue weighted by molar-refractivity contribution is -0.384. The van der Waals surface area contributed by atoms with Crippen LogP contribution in [0.25, 0.3) is 0 Å². The highest BCUT2D eigenvalue weighted by Gasteiger charge is 2.12. The third-order valence-corrected chi connectivity index (χ3v) is 4.00. The van der Waals surface area contributed by atoms with E-state index < -0.39 is 4.92 Å². The quantitative estimate of drug-likeness (QED) is 0.427. The summed E-state index contributed by atoms with van der Waals surface area (Å²) in [6.45, 7) is 2.44. The predicted octanol–water partition coefficient (Wildman–Crippen LogP) is 3.80. The van der Waals surface area contributed by atoms with Crippen LogP contribution in [0.15, 0.2) is 42.5 Å². The van der Waals surface area contributed by atoms with Gasteiger partial charge < -0.3 is 15.5 Å². The van der Waals surface area contributed by atoms with E-state index in [9.17, 15) is 14.9 Å². The number of carbonyl (C=O) groups excluding carboxylic acids is 1. The Morgan fingerprint density at radius 1 is 1.15 bits per heavy atom. The van der Waals surface area contributed by atoms with Gasteiger partial charge in [0.15, 0.2) is 0 Å². The number of carbonyl (C=O) groups is 1. The molecule has 0 aliphatic carbocycles. The summed E-state index contributed by atoms with van der Waals surface area (Å²) in [5.41, 5.74) is 3.38. The van der Waals surface area contributed by atoms with Gasteiger partial charge in [-0.05, 0) is 43.2 Å². The van der Waals surface area contributed by atoms with E-state index in [2.05, 4.69) is 10.6 Å². The Hall–Kier alpha value is -3.09. The summed E-state index contributed by atoms with van der Waals surface area (Å²) in [4.78, 5) is 24.7. The molecule has 1 amide bonds. The zero-order chi connectivity index (χ0) is 19.1. The van der Waals surface area contributed by atoms with Gasteiger partial charge in [-0.2, -0.15) is 0 Å². The SMILES string of the molecule is Cc1cc(N(C)C)ccc1NC(=O)CCCNc1ccccc1[N+](=O)[O-]. The molecule has 7 nitrogen and oxygen atoms in total. The van der Waals surface area contributed by atoms with Gasteiger partial charge in [0.2, 0.25) is 5.91 Å². The average molecular weight is 356 g/mol. The lowest BCUT2D eigenvalue weighted by atomic mass is 10.1. The highest BCUT2D eigenvalue weighted by molar-refractivity contribution is 5.91. The van der Waals surface area contributed by atoms with E-state index >= 15 is 0 Å². The number of para-hydroxylation sites is 2. The molecule has 0 bridgehead atoms. The fraction of sp³-hybridized carbons (Fsp3) is 0.316. The zero-order valence-corrected chi connectivity index (χ0v) is 15.3. The van der Waals surface area contributed by atoms with Crippen LogP contribution in [0.5, 0.6) is 0 Å². The van der Waals surface area contributed by atoms with Crippen LogP contribution in [0.1, 0.15) is 18.4 Å². The number of rotatable bonds is 8. The summed E-state index contributed by atoms with van der Waals surface area (Å²) in [5.74, 6) is -0.0740. The van der Waals surface area contributed by atoms with Gasteiger partial charge in [-0.1, -0.05) is 12.1 Å². The number of nitro groups is 1. The maximum absolute atomic E-state index is 12.1. The van der Waals surface area contributed by atoms with Crippen molar-refractivity contribution in [1.29, 1.82) is 0 Å². The number of anilines is 3. The summed E-state index contributed by atoms with van der Waals surface area (Å²) in [7, 11) is 3.94. The summed E-state index contributed by atoms with van der Waals surface area (Å²) in [6, 6.07) is 12.4. The van der Waals surface area contributed by atoms with Crippen LogP contribution in [-0.4, -0.2) is 31.5 Å². The molecular formula is C19H24N4O3. The van der Waals surface area contributed by atoms with Crippen molar-refractivity contribution in [2.75, 3.05) is 36.2 Å². The predicted molar refractivity (Wildman–Crippen MR) is 105 cm³/mol. The highest BCUT2D eigenvalue weighted by atomic mass is 16.6. The van der Waals surface area contributed by atoms with E-state index in [0.717, 1.165) is 16.9 Å². The van der Waals surface area contributed by atoms with Crippen LogP contribution >= 0.6 is 0 Å². The maximum Gasteiger partial charge on any atom is 0.292 e. The van der Waals surface area contributed by atoms with Crippen LogP contribution in [-0.2, 0) is 4.79 Å². The van der Waals surface area contributed by atoms with Crippen LogP contribution in [0, 0.1) is 17.0 Å². The van der Waals surface area contributed by atoms with Gasteiger partial charge in [0.1, 0.15) is 5.69 Å². The minimum atomic E-state index is -0.421. The highest BCUT2D eigenvalue weighted by Crippen LogP contribution is 2.23. The lowest BCUT2D eigenvalue weighted by Crippen LogP contribution is -2.15. The van der Waals surface area contributed by atoms with Crippen LogP contribution in [0.3, 0.4) is 0 Å². The first-order chi connectivity index (χ1) is 12.4. The molecule has 0 heterocycles. The van der Waals surface area contributed by atoms with E-state index in [4.69, 9.17) is 0 Å². The first-order valence-corrected chi connectivity index (χ1v) is 8.43. The van der Waals surface area contributed by atoms with Crippen LogP contribution < -0.4 is 15.5 Å². The molecule has 2 aromatic carbocycles. The van der Waals surface area contributed by atoms with Gasteiger partial charge in [0.05, 0.1) is 4.92 Å². The number of nitrogens with one attached hydrogen (secondary N) is 2. The van der Waals surface area contributed by atoms with Gasteiger partial charge >= 0.3 is 0 Å². The van der Waals surface area contributed by atoms with Gasteiger partial charge in [-0.3, -0.25) is 14.9 Å². The number of amides is 1. The molecule has 7 heteroatoms. The molecule has 2 rings (SSSR count). The molecule has 0 aliphatic heterocycles. The summed E-state index contributed by atoms with van der Waals surface area (Å²) in [6.07, 6.45) is 0.912. The molecule has 0 fully saturated rings. The molecular weight excluding hydrogens is 332 g/mol. The lowest BCUT2D eigenvalue weighted by Gasteiger charge is -2.15. The van der Waals surface area contributed by atoms with E-state index in [-0.39, 0.29) is 11.6 Å². The van der Waals surface area contributed by atoms with Crippen molar-refractivity contribution in [2.45, 2.75) is 19.8 Å². The number of hydrogen-bond donors (Lipinski definition) is 2. The molecule has 0 aromatic heterocycles. The Kier molecular flexibility index (Phi) is 6.54. The summed E-state index contributed by atoms with van der Waals surface area (Å²) >= 11 is 0. The maximum atomic E-state index is 12.1. The van der Waals surface area contributed by atoms with Crippen molar-refractivity contribution in [1.82, 2.24) is 0 Å². The monoisotopic (exact) mass is 356 g/mol. The normalized spacial score (nSPS) is 10.3. The Balaban J connectivity index is 1.82. The molecule has 0 saturated heterocycles. The summed E-state index contributed by atoms with van der Waals surface area (Å²) in [5, 5.41) is 16.9. The number of nitrogens with zero attached hydrogens (tertiary/aromatic N) is 2. The zero-order valence-electron chi connectivity index (χ0n) is 15.3. The molecule has 0 aliphatic rings. The number of benzene rings is 2. The Labute approximate surface area is 153 Å². The number of aryl methyl sites for hydroxylation is 1. The standard InChI is InChI=1S/C19H24N4O3/c1-14-13-15(22(2)3)10-11-16(14)21-19(24)9-6-12-20-17-7-4-5-8-18(17)23(25)26/h4-5,7-8,10-11,13,20H,6,9,12H2,1-3H3,(H,21,24). The van der Waals surface area contributed by atoms with Crippen molar-refractivity contribution < 1.29 is 9.72 Å². The number of nitro benzene ring substituents is 1. The molecule has 0 radical (unpaired) electrons. The Morgan fingerprint density at radius 3 is 2.54 bits per heavy atom. The van der Waals surface area contributed by atoms with Crippen molar-refractivity contribution in [3.8, 4) is 0 Å². The van der Waals surface area contributed by atoms with Gasteiger partial charge in [0, 0.05) is 44.5 Å². The van der Waals surface area contributed by atoms with Crippen molar-refractivity contribution in [3.05, 3.63) is 58.1 Å². The van der Waals surface area contributed by atoms with Crippen molar-refractivity contribution >= 4 is 28.7 Å². The van der Waals surface area contributed by atoms with Gasteiger partial charge in [-0.15, -0.1) is 0 Å². The van der Waals surface area contributed by atoms with E-state index in [0.29, 0.717) is 25.1 Å². The first-order valence-electron chi connectivity index (χ1n) is 8.43. The smallest absolute Gasteiger partial charge is 0.292 e. The second-order valence-corrected chi connectivity index (χ2v) is 6.25. The fourth-order valence-electron chi connectivity index (χ4n) is 2.53. The number of hydrogen-bond acceptors (Lipinski definition) is 5. The van der Waals surface area contributed by atoms with Crippen LogP contribution in [0.4, 0.5) is 22.7 Å². The molecule has 2 aromatic rings. The van der Waals surface area contributed by atoms with Crippen molar-refractivity contribution in [2.24, 2.45) is 0 Å². The van der Waals surface area contributed by atoms with Gasteiger partial charge in [0.25, 0.3) is 5.69 Å².